The molecular weight excluding hydrogens is 388 g/mol. The molecular formula is C21H20N4O3S. The molecule has 148 valence electrons. The Kier molecular flexibility index (Phi) is 5.64. The van der Waals surface area contributed by atoms with Gasteiger partial charge in [-0.25, -0.2) is 4.98 Å². The highest BCUT2D eigenvalue weighted by atomic mass is 32.1. The average Bonchev–Trinajstić information content (AvgIpc) is 3.23. The highest BCUT2D eigenvalue weighted by molar-refractivity contribution is 7.13. The van der Waals surface area contributed by atoms with Gasteiger partial charge in [-0.3, -0.25) is 19.8 Å². The van der Waals surface area contributed by atoms with Crippen LogP contribution in [0.4, 0.5) is 5.69 Å². The van der Waals surface area contributed by atoms with Gasteiger partial charge in [-0.1, -0.05) is 30.3 Å². The Balaban J connectivity index is 1.32. The summed E-state index contributed by atoms with van der Waals surface area (Å²) in [6.07, 6.45) is 0. The van der Waals surface area contributed by atoms with Crippen molar-refractivity contribution in [2.75, 3.05) is 26.2 Å². The molecule has 3 aromatic rings. The highest BCUT2D eigenvalue weighted by Crippen LogP contribution is 2.24. The summed E-state index contributed by atoms with van der Waals surface area (Å²) < 4.78 is 0. The number of hydrogen-bond donors (Lipinski definition) is 0. The quantitative estimate of drug-likeness (QED) is 0.475. The molecule has 0 saturated carbocycles. The van der Waals surface area contributed by atoms with Crippen LogP contribution in [-0.4, -0.2) is 51.8 Å². The lowest BCUT2D eigenvalue weighted by Crippen LogP contribution is -2.48. The van der Waals surface area contributed by atoms with Crippen molar-refractivity contribution in [3.8, 4) is 10.6 Å². The number of carbonyl (C=O) groups is 1. The zero-order valence-corrected chi connectivity index (χ0v) is 16.5. The van der Waals surface area contributed by atoms with Crippen LogP contribution in [-0.2, 0) is 6.54 Å². The third-order valence-electron chi connectivity index (χ3n) is 4.94. The maximum Gasteiger partial charge on any atom is 0.269 e. The van der Waals surface area contributed by atoms with E-state index in [1.165, 1.54) is 24.3 Å². The molecule has 7 nitrogen and oxygen atoms in total. The molecule has 1 saturated heterocycles. The largest absolute Gasteiger partial charge is 0.336 e. The van der Waals surface area contributed by atoms with Crippen LogP contribution >= 0.6 is 11.3 Å². The number of aromatic nitrogens is 1. The Bertz CT molecular complexity index is 996. The van der Waals surface area contributed by atoms with Gasteiger partial charge in [0.05, 0.1) is 10.6 Å². The second-order valence-corrected chi connectivity index (χ2v) is 7.74. The van der Waals surface area contributed by atoms with E-state index in [0.717, 1.165) is 35.9 Å². The number of rotatable bonds is 5. The number of nitro groups is 1. The van der Waals surface area contributed by atoms with Crippen molar-refractivity contribution in [3.63, 3.8) is 0 Å². The summed E-state index contributed by atoms with van der Waals surface area (Å²) in [7, 11) is 0. The maximum absolute atomic E-state index is 12.6. The summed E-state index contributed by atoms with van der Waals surface area (Å²) in [5.41, 5.74) is 2.65. The molecule has 1 aliphatic rings. The van der Waals surface area contributed by atoms with Gasteiger partial charge in [0.25, 0.3) is 11.6 Å². The van der Waals surface area contributed by atoms with Gasteiger partial charge in [-0.2, -0.15) is 0 Å². The second kappa shape index (κ2) is 8.50. The standard InChI is InChI=1S/C21H20N4O3S/c26-21(17-6-8-19(9-7-17)25(27)28)24-12-10-23(11-13-24)14-18-15-29-20(22-18)16-4-2-1-3-5-16/h1-9,15H,10-14H2. The molecule has 0 spiro atoms. The SMILES string of the molecule is O=C(c1ccc([N+](=O)[O-])cc1)N1CCN(Cc2csc(-c3ccccc3)n2)CC1. The van der Waals surface area contributed by atoms with Crippen molar-refractivity contribution in [2.45, 2.75) is 6.54 Å². The van der Waals surface area contributed by atoms with Crippen LogP contribution in [0, 0.1) is 10.1 Å². The van der Waals surface area contributed by atoms with E-state index >= 15 is 0 Å². The Hall–Kier alpha value is -3.10. The van der Waals surface area contributed by atoms with Crippen molar-refractivity contribution < 1.29 is 9.72 Å². The number of piperazine rings is 1. The molecule has 0 unspecified atom stereocenters. The number of carbonyl (C=O) groups excluding carboxylic acids is 1. The molecule has 1 aromatic heterocycles. The van der Waals surface area contributed by atoms with Crippen molar-refractivity contribution >= 4 is 22.9 Å². The smallest absolute Gasteiger partial charge is 0.269 e. The van der Waals surface area contributed by atoms with E-state index in [4.69, 9.17) is 4.98 Å². The predicted octanol–water partition coefficient (Wildman–Crippen LogP) is 3.68. The van der Waals surface area contributed by atoms with E-state index in [1.807, 2.05) is 18.2 Å². The number of nitro benzene ring substituents is 1. The third kappa shape index (κ3) is 4.49. The summed E-state index contributed by atoms with van der Waals surface area (Å²) in [5.74, 6) is -0.0837. The number of benzene rings is 2. The first-order chi connectivity index (χ1) is 14.1. The Labute approximate surface area is 172 Å². The summed E-state index contributed by atoms with van der Waals surface area (Å²) in [6.45, 7) is 3.58. The third-order valence-corrected chi connectivity index (χ3v) is 5.88. The topological polar surface area (TPSA) is 79.6 Å². The Morgan fingerprint density at radius 1 is 1.03 bits per heavy atom. The fourth-order valence-corrected chi connectivity index (χ4v) is 4.16. The minimum Gasteiger partial charge on any atom is -0.336 e. The lowest BCUT2D eigenvalue weighted by atomic mass is 10.1. The molecule has 2 heterocycles. The monoisotopic (exact) mass is 408 g/mol. The van der Waals surface area contributed by atoms with E-state index in [2.05, 4.69) is 22.4 Å². The summed E-state index contributed by atoms with van der Waals surface area (Å²) in [5, 5.41) is 13.9. The van der Waals surface area contributed by atoms with Crippen molar-refractivity contribution in [1.29, 1.82) is 0 Å². The van der Waals surface area contributed by atoms with Crippen LogP contribution in [0.15, 0.2) is 60.0 Å². The Morgan fingerprint density at radius 3 is 2.38 bits per heavy atom. The zero-order valence-electron chi connectivity index (χ0n) is 15.7. The molecule has 0 bridgehead atoms. The fraction of sp³-hybridized carbons (Fsp3) is 0.238. The number of hydrogen-bond acceptors (Lipinski definition) is 6. The highest BCUT2D eigenvalue weighted by Gasteiger charge is 2.23. The molecule has 1 aliphatic heterocycles. The zero-order chi connectivity index (χ0) is 20.2. The number of non-ortho nitro benzene ring substituents is 1. The van der Waals surface area contributed by atoms with Crippen LogP contribution in [0.1, 0.15) is 16.1 Å². The maximum atomic E-state index is 12.6. The fourth-order valence-electron chi connectivity index (χ4n) is 3.34. The lowest BCUT2D eigenvalue weighted by Gasteiger charge is -2.34. The first-order valence-corrected chi connectivity index (χ1v) is 10.2. The number of nitrogens with zero attached hydrogens (tertiary/aromatic N) is 4. The normalized spacial score (nSPS) is 14.7. The molecule has 0 atom stereocenters. The molecule has 29 heavy (non-hydrogen) atoms. The van der Waals surface area contributed by atoms with E-state index in [1.54, 1.807) is 16.2 Å². The van der Waals surface area contributed by atoms with Gasteiger partial charge >= 0.3 is 0 Å². The van der Waals surface area contributed by atoms with Gasteiger partial charge in [-0.05, 0) is 12.1 Å². The van der Waals surface area contributed by atoms with Gasteiger partial charge in [0.1, 0.15) is 5.01 Å². The van der Waals surface area contributed by atoms with Gasteiger partial charge in [0, 0.05) is 61.4 Å². The van der Waals surface area contributed by atoms with Crippen LogP contribution in [0.5, 0.6) is 0 Å². The first-order valence-electron chi connectivity index (χ1n) is 9.36. The van der Waals surface area contributed by atoms with Gasteiger partial charge in [0.15, 0.2) is 0 Å². The van der Waals surface area contributed by atoms with Gasteiger partial charge < -0.3 is 4.90 Å². The van der Waals surface area contributed by atoms with Gasteiger partial charge in [-0.15, -0.1) is 11.3 Å². The van der Waals surface area contributed by atoms with Crippen LogP contribution < -0.4 is 0 Å². The molecule has 0 N–H and O–H groups in total. The molecule has 2 aromatic carbocycles. The second-order valence-electron chi connectivity index (χ2n) is 6.88. The molecule has 8 heteroatoms. The van der Waals surface area contributed by atoms with E-state index in [-0.39, 0.29) is 11.6 Å². The number of amides is 1. The first kappa shape index (κ1) is 19.2. The predicted molar refractivity (Wildman–Crippen MR) is 112 cm³/mol. The molecule has 0 radical (unpaired) electrons. The Morgan fingerprint density at radius 2 is 1.72 bits per heavy atom. The van der Waals surface area contributed by atoms with Crippen molar-refractivity contribution in [3.05, 3.63) is 81.3 Å². The van der Waals surface area contributed by atoms with Crippen molar-refractivity contribution in [1.82, 2.24) is 14.8 Å². The number of thiazole rings is 1. The van der Waals surface area contributed by atoms with Gasteiger partial charge in [0.2, 0.25) is 0 Å². The minimum atomic E-state index is -0.464. The molecule has 1 amide bonds. The summed E-state index contributed by atoms with van der Waals surface area (Å²) in [6, 6.07) is 15.9. The minimum absolute atomic E-state index is 0.00972. The van der Waals surface area contributed by atoms with E-state index in [0.29, 0.717) is 18.7 Å². The van der Waals surface area contributed by atoms with Crippen LogP contribution in [0.25, 0.3) is 10.6 Å². The van der Waals surface area contributed by atoms with E-state index in [9.17, 15) is 14.9 Å². The van der Waals surface area contributed by atoms with Crippen LogP contribution in [0.3, 0.4) is 0 Å². The molecule has 0 aliphatic carbocycles. The van der Waals surface area contributed by atoms with Crippen LogP contribution in [0.2, 0.25) is 0 Å². The summed E-state index contributed by atoms with van der Waals surface area (Å²) in [4.78, 5) is 31.8. The lowest BCUT2D eigenvalue weighted by molar-refractivity contribution is -0.384. The molecule has 1 fully saturated rings. The van der Waals surface area contributed by atoms with Crippen molar-refractivity contribution in [2.24, 2.45) is 0 Å². The summed E-state index contributed by atoms with van der Waals surface area (Å²) >= 11 is 1.65. The average molecular weight is 408 g/mol. The van der Waals surface area contributed by atoms with E-state index < -0.39 is 4.92 Å². The molecule has 4 rings (SSSR count).